The van der Waals surface area contributed by atoms with Crippen LogP contribution in [0.25, 0.3) is 0 Å². The number of nitrogens with one attached hydrogen (secondary N) is 1. The Hall–Kier alpha value is -1.83. The summed E-state index contributed by atoms with van der Waals surface area (Å²) in [5.41, 5.74) is 0.620. The number of pyridine rings is 1. The molecule has 132 valence electrons. The molecule has 0 aliphatic carbocycles. The lowest BCUT2D eigenvalue weighted by molar-refractivity contribution is -0.116. The van der Waals surface area contributed by atoms with Gasteiger partial charge in [0.1, 0.15) is 10.9 Å². The van der Waals surface area contributed by atoms with Crippen LogP contribution in [0.1, 0.15) is 10.4 Å². The highest BCUT2D eigenvalue weighted by Crippen LogP contribution is 2.27. The molecule has 6 nitrogen and oxygen atoms in total. The van der Waals surface area contributed by atoms with Gasteiger partial charge in [-0.05, 0) is 40.2 Å². The number of likely N-dealkylation sites (N-methyl/N-ethyl adjacent to an activating group) is 1. The zero-order valence-electron chi connectivity index (χ0n) is 13.3. The molecule has 2 amide bonds. The first-order chi connectivity index (χ1) is 11.8. The van der Waals surface area contributed by atoms with Crippen LogP contribution >= 0.6 is 39.1 Å². The number of methoxy groups -OCH3 is 1. The van der Waals surface area contributed by atoms with Gasteiger partial charge in [0.2, 0.25) is 5.91 Å². The van der Waals surface area contributed by atoms with Gasteiger partial charge in [-0.1, -0.05) is 23.2 Å². The minimum absolute atomic E-state index is 0.0666. The van der Waals surface area contributed by atoms with Crippen LogP contribution in [0.15, 0.2) is 34.9 Å². The largest absolute Gasteiger partial charge is 0.495 e. The van der Waals surface area contributed by atoms with Crippen molar-refractivity contribution in [1.82, 2.24) is 9.88 Å². The number of anilines is 1. The minimum Gasteiger partial charge on any atom is -0.495 e. The number of benzene rings is 1. The molecule has 0 aliphatic rings. The maximum atomic E-state index is 12.4. The quantitative estimate of drug-likeness (QED) is 0.707. The van der Waals surface area contributed by atoms with Crippen molar-refractivity contribution in [3.63, 3.8) is 0 Å². The van der Waals surface area contributed by atoms with Crippen LogP contribution in [0.3, 0.4) is 0 Å². The molecule has 0 spiro atoms. The van der Waals surface area contributed by atoms with Gasteiger partial charge in [-0.25, -0.2) is 4.98 Å². The van der Waals surface area contributed by atoms with E-state index in [0.717, 1.165) is 0 Å². The van der Waals surface area contributed by atoms with E-state index in [9.17, 15) is 9.59 Å². The second-order valence-corrected chi connectivity index (χ2v) is 6.76. The predicted molar refractivity (Wildman–Crippen MR) is 101 cm³/mol. The maximum absolute atomic E-state index is 12.4. The number of carbonyl (C=O) groups is 2. The van der Waals surface area contributed by atoms with E-state index in [1.54, 1.807) is 24.3 Å². The average molecular weight is 447 g/mol. The summed E-state index contributed by atoms with van der Waals surface area (Å²) in [4.78, 5) is 29.8. The molecule has 2 rings (SSSR count). The molecule has 0 aliphatic heterocycles. The highest BCUT2D eigenvalue weighted by atomic mass is 79.9. The van der Waals surface area contributed by atoms with Crippen molar-refractivity contribution >= 4 is 56.6 Å². The lowest BCUT2D eigenvalue weighted by Crippen LogP contribution is -2.35. The van der Waals surface area contributed by atoms with Crippen LogP contribution in [0.4, 0.5) is 5.69 Å². The second-order valence-electron chi connectivity index (χ2n) is 5.05. The summed E-state index contributed by atoms with van der Waals surface area (Å²) in [6.45, 7) is -0.183. The zero-order chi connectivity index (χ0) is 18.6. The standard InChI is InChI=1S/C16H14BrCl2N3O3/c1-22(16(24)11-5-9(17)7-20-15(11)19)8-14(23)21-12-6-10(18)3-4-13(12)25-2/h3-7H,8H2,1-2H3,(H,21,23). The number of hydrogen-bond donors (Lipinski definition) is 1. The lowest BCUT2D eigenvalue weighted by atomic mass is 10.2. The van der Waals surface area contributed by atoms with Crippen molar-refractivity contribution in [2.75, 3.05) is 26.0 Å². The Kier molecular flexibility index (Phi) is 6.64. The summed E-state index contributed by atoms with van der Waals surface area (Å²) in [5.74, 6) is -0.367. The van der Waals surface area contributed by atoms with Gasteiger partial charge in [0.05, 0.1) is 24.9 Å². The van der Waals surface area contributed by atoms with Gasteiger partial charge in [0.15, 0.2) is 0 Å². The Bertz CT molecular complexity index is 817. The van der Waals surface area contributed by atoms with Crippen molar-refractivity contribution in [1.29, 1.82) is 0 Å². The normalized spacial score (nSPS) is 10.3. The summed E-state index contributed by atoms with van der Waals surface area (Å²) >= 11 is 15.1. The molecule has 0 atom stereocenters. The summed E-state index contributed by atoms with van der Waals surface area (Å²) in [7, 11) is 2.98. The first-order valence-corrected chi connectivity index (χ1v) is 8.56. The van der Waals surface area contributed by atoms with Crippen LogP contribution < -0.4 is 10.1 Å². The molecular weight excluding hydrogens is 433 g/mol. The molecule has 1 aromatic heterocycles. The Balaban J connectivity index is 2.08. The molecule has 0 fully saturated rings. The Morgan fingerprint density at radius 3 is 2.72 bits per heavy atom. The van der Waals surface area contributed by atoms with Crippen LogP contribution in [-0.2, 0) is 4.79 Å². The van der Waals surface area contributed by atoms with Crippen LogP contribution in [0.2, 0.25) is 10.2 Å². The van der Waals surface area contributed by atoms with E-state index >= 15 is 0 Å². The van der Waals surface area contributed by atoms with Crippen LogP contribution in [-0.4, -0.2) is 42.4 Å². The maximum Gasteiger partial charge on any atom is 0.257 e. The predicted octanol–water partition coefficient (Wildman–Crippen LogP) is 3.87. The van der Waals surface area contributed by atoms with E-state index in [1.165, 1.54) is 25.3 Å². The smallest absolute Gasteiger partial charge is 0.257 e. The van der Waals surface area contributed by atoms with Gasteiger partial charge in [0, 0.05) is 22.7 Å². The van der Waals surface area contributed by atoms with Gasteiger partial charge in [-0.2, -0.15) is 0 Å². The lowest BCUT2D eigenvalue weighted by Gasteiger charge is -2.18. The summed E-state index contributed by atoms with van der Waals surface area (Å²) in [5, 5.41) is 3.18. The number of ether oxygens (including phenoxy) is 1. The third-order valence-corrected chi connectivity index (χ3v) is 4.17. The molecule has 0 saturated heterocycles. The van der Waals surface area contributed by atoms with E-state index in [1.807, 2.05) is 0 Å². The number of nitrogens with zero attached hydrogens (tertiary/aromatic N) is 2. The van der Waals surface area contributed by atoms with Gasteiger partial charge in [0.25, 0.3) is 5.91 Å². The Labute approximate surface area is 163 Å². The SMILES string of the molecule is COc1ccc(Cl)cc1NC(=O)CN(C)C(=O)c1cc(Br)cnc1Cl. The van der Waals surface area contributed by atoms with Gasteiger partial charge < -0.3 is 15.0 Å². The number of carbonyl (C=O) groups excluding carboxylic acids is 2. The zero-order valence-corrected chi connectivity index (χ0v) is 16.4. The summed E-state index contributed by atoms with van der Waals surface area (Å²) in [6.07, 6.45) is 1.48. The first kappa shape index (κ1) is 19.5. The topological polar surface area (TPSA) is 71.5 Å². The Morgan fingerprint density at radius 2 is 2.04 bits per heavy atom. The van der Waals surface area contributed by atoms with Crippen molar-refractivity contribution in [3.05, 3.63) is 50.7 Å². The summed E-state index contributed by atoms with van der Waals surface area (Å²) < 4.78 is 5.78. The van der Waals surface area contributed by atoms with E-state index < -0.39 is 11.8 Å². The molecule has 0 bridgehead atoms. The minimum atomic E-state index is -0.424. The molecule has 0 radical (unpaired) electrons. The van der Waals surface area contributed by atoms with Crippen LogP contribution in [0, 0.1) is 0 Å². The Morgan fingerprint density at radius 1 is 1.32 bits per heavy atom. The highest BCUT2D eigenvalue weighted by Gasteiger charge is 2.19. The van der Waals surface area contributed by atoms with Gasteiger partial charge in [-0.15, -0.1) is 0 Å². The van der Waals surface area contributed by atoms with Gasteiger partial charge in [-0.3, -0.25) is 9.59 Å². The average Bonchev–Trinajstić information content (AvgIpc) is 2.56. The van der Waals surface area contributed by atoms with Crippen molar-refractivity contribution in [2.45, 2.75) is 0 Å². The highest BCUT2D eigenvalue weighted by molar-refractivity contribution is 9.10. The van der Waals surface area contributed by atoms with Crippen LogP contribution in [0.5, 0.6) is 5.75 Å². The fraction of sp³-hybridized carbons (Fsp3) is 0.188. The van der Waals surface area contributed by atoms with E-state index in [4.69, 9.17) is 27.9 Å². The number of hydrogen-bond acceptors (Lipinski definition) is 4. The van der Waals surface area contributed by atoms with Gasteiger partial charge >= 0.3 is 0 Å². The summed E-state index contributed by atoms with van der Waals surface area (Å²) in [6, 6.07) is 6.40. The first-order valence-electron chi connectivity index (χ1n) is 7.01. The number of amides is 2. The van der Waals surface area contributed by atoms with Crippen molar-refractivity contribution in [2.24, 2.45) is 0 Å². The van der Waals surface area contributed by atoms with Crippen molar-refractivity contribution < 1.29 is 14.3 Å². The fourth-order valence-electron chi connectivity index (χ4n) is 2.03. The molecule has 1 aromatic carbocycles. The molecule has 1 N–H and O–H groups in total. The third kappa shape index (κ3) is 5.07. The number of rotatable bonds is 5. The monoisotopic (exact) mass is 445 g/mol. The molecule has 1 heterocycles. The molecule has 25 heavy (non-hydrogen) atoms. The molecule has 2 aromatic rings. The van der Waals surface area contributed by atoms with E-state index in [-0.39, 0.29) is 17.3 Å². The second kappa shape index (κ2) is 8.51. The third-order valence-electron chi connectivity index (χ3n) is 3.20. The fourth-order valence-corrected chi connectivity index (χ4v) is 2.72. The molecule has 9 heteroatoms. The molecule has 0 saturated carbocycles. The van der Waals surface area contributed by atoms with Crippen molar-refractivity contribution in [3.8, 4) is 5.75 Å². The van der Waals surface area contributed by atoms with E-state index in [0.29, 0.717) is 20.9 Å². The van der Waals surface area contributed by atoms with E-state index in [2.05, 4.69) is 26.2 Å². The number of aromatic nitrogens is 1. The molecular formula is C16H14BrCl2N3O3. The molecule has 0 unspecified atom stereocenters. The number of halogens is 3.